The van der Waals surface area contributed by atoms with Gasteiger partial charge in [-0.15, -0.1) is 0 Å². The average Bonchev–Trinajstić information content (AvgIpc) is 1.52. The molecule has 0 N–H and O–H groups in total. The van der Waals surface area contributed by atoms with Crippen LogP contribution < -0.4 is 0 Å². The molecule has 16 aliphatic rings. The second-order valence-corrected chi connectivity index (χ2v) is 46.6. The molecule has 12 bridgehead atoms. The summed E-state index contributed by atoms with van der Waals surface area (Å²) in [5.74, 6) is 11.4. The number of fused-ring (bicyclic) bond motifs is 24. The normalized spacial score (nSPS) is 25.4. The van der Waals surface area contributed by atoms with E-state index in [0.717, 1.165) is 138 Å². The Morgan fingerprint density at radius 1 is 0.228 bits per heavy atom. The number of hydrogen-bond acceptors (Lipinski definition) is 5. The molecule has 145 heavy (non-hydrogen) atoms. The van der Waals surface area contributed by atoms with Crippen LogP contribution in [-0.4, -0.2) is 33.6 Å². The number of aromatic nitrogens is 7. The molecule has 16 aromatic carbocycles. The topological polar surface area (TPSA) is 79.5 Å². The quantitative estimate of drug-likeness (QED) is 0.159. The van der Waals surface area contributed by atoms with Crippen molar-refractivity contribution < 1.29 is 4.42 Å². The zero-order valence-corrected chi connectivity index (χ0v) is 81.8. The predicted octanol–water partition coefficient (Wildman–Crippen LogP) is 34.0. The lowest BCUT2D eigenvalue weighted by molar-refractivity contribution is -0.0399. The van der Waals surface area contributed by atoms with Crippen molar-refractivity contribution >= 4 is 87.5 Å². The van der Waals surface area contributed by atoms with E-state index < -0.39 is 0 Å². The van der Waals surface area contributed by atoms with E-state index >= 15 is 0 Å². The number of para-hydroxylation sites is 4. The Balaban J connectivity index is 0.0000000957. The molecule has 0 aliphatic heterocycles. The second-order valence-electron chi connectivity index (χ2n) is 46.6. The van der Waals surface area contributed by atoms with Gasteiger partial charge < -0.3 is 8.98 Å². The van der Waals surface area contributed by atoms with Gasteiger partial charge in [0.05, 0.1) is 55.6 Å². The summed E-state index contributed by atoms with van der Waals surface area (Å²) >= 11 is 0. The molecule has 12 saturated carbocycles. The Hall–Kier alpha value is -15.1. The Labute approximate surface area is 844 Å². The SMILES string of the molecule is CC1(C)c2ccccc2-c2ccc(-n3c4ccccc4c4cc5c(cc43)-c3ccccc3C53C4CC5CC(C4)CC3C5)cc21.c1ccc(-c2ccc(-c3cc(-c4ccccc4)nc(-n4c5ccccc5c5cc6c(cc54)-c4ccccc4C64C5CC6CC(C5)CC4C6)n3)cc2)cc1.c1ccc(-c2nc(-n3c4ccccc4c4cc5c(cc43)-c3ccccc3C53C4CC5CC(C4)CC3C5)nc3oc4ccccc4c23)cc1. The molecule has 3 spiro atoms. The minimum absolute atomic E-state index is 0.0211. The van der Waals surface area contributed by atoms with Crippen molar-refractivity contribution in [3.8, 4) is 107 Å². The van der Waals surface area contributed by atoms with Crippen molar-refractivity contribution in [1.29, 1.82) is 0 Å². The van der Waals surface area contributed by atoms with Crippen LogP contribution in [0.2, 0.25) is 0 Å². The van der Waals surface area contributed by atoms with Gasteiger partial charge in [-0.3, -0.25) is 9.13 Å². The van der Waals surface area contributed by atoms with Gasteiger partial charge in [0.25, 0.3) is 0 Å². The summed E-state index contributed by atoms with van der Waals surface area (Å²) in [5.41, 5.74) is 42.7. The first-order chi connectivity index (χ1) is 71.5. The lowest BCUT2D eigenvalue weighted by atomic mass is 9.43. The number of hydrogen-bond donors (Lipinski definition) is 0. The standard InChI is InChI=1S/C50H39N3.C44H33N3O.C43H37N/c1-3-11-33(12-4-1)34-19-21-36(22-20-34)46-30-45(35-13-5-2-6-14-35)51-49(52-46)53-47-18-10-8-16-40(47)42-28-44-41(29-48(42)53)39-15-7-9-17-43(39)50(44)37-24-31-23-32(26-37)27-38(50)25-31;1-2-10-27(11-3-1)41-40-32-14-6-9-17-39(32)48-42(40)46-43(45-41)47-37-16-8-5-13-31(37)34-23-36-33(24-38(34)47)30-12-4-7-15-35(30)44(36)28-19-25-18-26(21-28)22-29(44)20-25;1-42(2)36-12-6-3-9-30(36)32-16-15-29(22-38(32)42)44-40-14-8-5-11-33(40)35-23-39-34(24-41(35)44)31-10-4-7-13-37(31)43(39)27-18-25-17-26(20-27)21-28(43)19-25/h1-22,28-32,37-38H,23-27H2;1-17,23-26,28-29H,18-22H2;3-16,22-28H,17-21H2,1-2H3. The maximum atomic E-state index is 6.46. The summed E-state index contributed by atoms with van der Waals surface area (Å²) in [6, 6.07) is 138. The molecule has 6 aromatic heterocycles. The minimum Gasteiger partial charge on any atom is -0.437 e. The summed E-state index contributed by atoms with van der Waals surface area (Å²) in [5, 5.41) is 9.91. The first-order valence-electron chi connectivity index (χ1n) is 54.1. The molecule has 22 aromatic rings. The highest BCUT2D eigenvalue weighted by Gasteiger charge is 2.65. The Morgan fingerprint density at radius 2 is 0.559 bits per heavy atom. The number of benzene rings is 16. The third-order valence-corrected chi connectivity index (χ3v) is 39.6. The number of nitrogens with zero attached hydrogens (tertiary/aromatic N) is 7. The van der Waals surface area contributed by atoms with Crippen LogP contribution >= 0.6 is 0 Å². The summed E-state index contributed by atoms with van der Waals surface area (Å²) < 4.78 is 13.7. The van der Waals surface area contributed by atoms with Gasteiger partial charge in [0.15, 0.2) is 0 Å². The molecule has 16 aliphatic carbocycles. The summed E-state index contributed by atoms with van der Waals surface area (Å²) in [6.07, 6.45) is 21.2. The fraction of sp³-hybridized carbons (Fsp3) is 0.241. The lowest BCUT2D eigenvalue weighted by Gasteiger charge is -2.61. The third kappa shape index (κ3) is 11.3. The third-order valence-electron chi connectivity index (χ3n) is 39.6. The van der Waals surface area contributed by atoms with E-state index in [2.05, 4.69) is 385 Å². The van der Waals surface area contributed by atoms with Crippen molar-refractivity contribution in [3.63, 3.8) is 0 Å². The van der Waals surface area contributed by atoms with Gasteiger partial charge >= 0.3 is 0 Å². The van der Waals surface area contributed by atoms with Crippen LogP contribution in [0.1, 0.15) is 155 Å². The van der Waals surface area contributed by atoms with E-state index in [4.69, 9.17) is 24.4 Å². The number of rotatable bonds is 7. The van der Waals surface area contributed by atoms with Crippen molar-refractivity contribution in [1.82, 2.24) is 33.6 Å². The van der Waals surface area contributed by atoms with Crippen LogP contribution in [0.25, 0.3) is 194 Å². The van der Waals surface area contributed by atoms with E-state index in [9.17, 15) is 0 Å². The molecule has 0 radical (unpaired) electrons. The second kappa shape index (κ2) is 30.3. The molecule has 38 rings (SSSR count). The predicted molar refractivity (Wildman–Crippen MR) is 590 cm³/mol. The molecule has 0 amide bonds. The van der Waals surface area contributed by atoms with Crippen LogP contribution in [-0.2, 0) is 21.7 Å². The van der Waals surface area contributed by atoms with Gasteiger partial charge in [0.2, 0.25) is 17.6 Å². The molecule has 12 fully saturated rings. The fourth-order valence-corrected chi connectivity index (χ4v) is 34.8. The molecule has 8 heteroatoms. The van der Waals surface area contributed by atoms with Gasteiger partial charge in [-0.05, 0) is 346 Å². The largest absolute Gasteiger partial charge is 0.437 e. The monoisotopic (exact) mass is 1870 g/mol. The first kappa shape index (κ1) is 82.3. The highest BCUT2D eigenvalue weighted by atomic mass is 16.3. The molecule has 0 saturated heterocycles. The van der Waals surface area contributed by atoms with E-state index in [1.807, 2.05) is 12.1 Å². The van der Waals surface area contributed by atoms with Crippen LogP contribution in [0.15, 0.2) is 374 Å². The fourth-order valence-electron chi connectivity index (χ4n) is 34.8. The van der Waals surface area contributed by atoms with Gasteiger partial charge in [-0.1, -0.05) is 305 Å². The molecular weight excluding hydrogens is 1760 g/mol. The molecule has 698 valence electrons. The maximum Gasteiger partial charge on any atom is 0.238 e. The summed E-state index contributed by atoms with van der Waals surface area (Å²) in [6.45, 7) is 4.78. The van der Waals surface area contributed by atoms with Crippen LogP contribution in [0.5, 0.6) is 0 Å². The smallest absolute Gasteiger partial charge is 0.238 e. The average molecular weight is 1870 g/mol. The molecule has 0 atom stereocenters. The van der Waals surface area contributed by atoms with Gasteiger partial charge in [0.1, 0.15) is 5.58 Å². The van der Waals surface area contributed by atoms with E-state index in [1.165, 1.54) is 218 Å². The Kier molecular flexibility index (Phi) is 17.2. The summed E-state index contributed by atoms with van der Waals surface area (Å²) in [4.78, 5) is 21.4. The molecule has 6 heterocycles. The molecular formula is C137H109N7O. The van der Waals surface area contributed by atoms with E-state index in [1.54, 1.807) is 33.4 Å². The van der Waals surface area contributed by atoms with Crippen LogP contribution in [0, 0.1) is 71.0 Å². The van der Waals surface area contributed by atoms with Gasteiger partial charge in [-0.25, -0.2) is 15.0 Å². The zero-order valence-electron chi connectivity index (χ0n) is 81.8. The van der Waals surface area contributed by atoms with Crippen LogP contribution in [0.4, 0.5) is 0 Å². The van der Waals surface area contributed by atoms with Crippen molar-refractivity contribution in [3.05, 3.63) is 415 Å². The van der Waals surface area contributed by atoms with Gasteiger partial charge in [0, 0.05) is 81.7 Å². The van der Waals surface area contributed by atoms with Crippen molar-refractivity contribution in [2.45, 2.75) is 132 Å². The minimum atomic E-state index is -0.0211. The Morgan fingerprint density at radius 3 is 1.01 bits per heavy atom. The summed E-state index contributed by atoms with van der Waals surface area (Å²) in [7, 11) is 0. The maximum absolute atomic E-state index is 6.46. The van der Waals surface area contributed by atoms with Gasteiger partial charge in [-0.2, -0.15) is 4.98 Å². The molecule has 8 nitrogen and oxygen atoms in total. The first-order valence-corrected chi connectivity index (χ1v) is 54.1. The molecule has 0 unspecified atom stereocenters. The van der Waals surface area contributed by atoms with Crippen LogP contribution in [0.3, 0.4) is 0 Å². The van der Waals surface area contributed by atoms with Crippen molar-refractivity contribution in [2.75, 3.05) is 0 Å². The zero-order chi connectivity index (χ0) is 94.8. The highest BCUT2D eigenvalue weighted by molar-refractivity contribution is 6.16. The van der Waals surface area contributed by atoms with Crippen molar-refractivity contribution in [2.24, 2.45) is 71.0 Å². The highest BCUT2D eigenvalue weighted by Crippen LogP contribution is 2.74. The van der Waals surface area contributed by atoms with E-state index in [0.29, 0.717) is 17.6 Å². The number of furan rings is 1. The lowest BCUT2D eigenvalue weighted by Crippen LogP contribution is -2.55. The Bertz CT molecular complexity index is 9200. The van der Waals surface area contributed by atoms with E-state index in [-0.39, 0.29) is 21.7 Å².